The number of methoxy groups -OCH3 is 1. The molecule has 0 heterocycles. The average Bonchev–Trinajstić information content (AvgIpc) is 2.67. The van der Waals surface area contributed by atoms with Crippen molar-refractivity contribution in [2.45, 2.75) is 6.92 Å². The predicted octanol–water partition coefficient (Wildman–Crippen LogP) is 2.32. The second-order valence-electron chi connectivity index (χ2n) is 5.22. The molecule has 0 aromatic heterocycles. The van der Waals surface area contributed by atoms with Gasteiger partial charge in [0.2, 0.25) is 0 Å². The Morgan fingerprint density at radius 2 is 1.89 bits per heavy atom. The molecule has 2 aromatic rings. The van der Waals surface area contributed by atoms with Gasteiger partial charge in [-0.3, -0.25) is 4.79 Å². The molecule has 0 saturated carbocycles. The smallest absolute Gasteiger partial charge is 0.341 e. The normalized spacial score (nSPS) is 10.4. The van der Waals surface area contributed by atoms with E-state index in [0.29, 0.717) is 35.0 Å². The molecule has 142 valence electrons. The second-order valence-corrected chi connectivity index (χ2v) is 5.22. The maximum Gasteiger partial charge on any atom is 0.341 e. The van der Waals surface area contributed by atoms with Gasteiger partial charge in [-0.15, -0.1) is 0 Å². The Bertz CT molecular complexity index is 835. The summed E-state index contributed by atoms with van der Waals surface area (Å²) < 4.78 is 15.8. The zero-order valence-corrected chi connectivity index (χ0v) is 15.0. The number of carboxylic acids is 1. The minimum atomic E-state index is -1.08. The number of para-hydroxylation sites is 1. The number of carbonyl (C=O) groups is 2. The molecule has 0 saturated heterocycles. The van der Waals surface area contributed by atoms with Crippen LogP contribution < -0.4 is 19.6 Å². The fraction of sp³-hybridized carbons (Fsp3) is 0.211. The third-order valence-electron chi connectivity index (χ3n) is 3.37. The van der Waals surface area contributed by atoms with E-state index in [2.05, 4.69) is 10.5 Å². The fourth-order valence-electron chi connectivity index (χ4n) is 2.17. The number of carboxylic acid groups (broad SMARTS) is 1. The van der Waals surface area contributed by atoms with Crippen LogP contribution in [0.25, 0.3) is 0 Å². The fourth-order valence-corrected chi connectivity index (χ4v) is 2.17. The molecule has 0 radical (unpaired) electrons. The van der Waals surface area contributed by atoms with E-state index in [9.17, 15) is 9.59 Å². The van der Waals surface area contributed by atoms with Crippen molar-refractivity contribution in [2.75, 3.05) is 20.3 Å². The first-order chi connectivity index (χ1) is 13.0. The van der Waals surface area contributed by atoms with Crippen LogP contribution in [-0.4, -0.2) is 43.5 Å². The number of hydrazone groups is 1. The first-order valence-corrected chi connectivity index (χ1v) is 8.13. The lowest BCUT2D eigenvalue weighted by Gasteiger charge is -2.10. The molecular weight excluding hydrogens is 352 g/mol. The van der Waals surface area contributed by atoms with E-state index in [-0.39, 0.29) is 0 Å². The van der Waals surface area contributed by atoms with Crippen LogP contribution in [0.3, 0.4) is 0 Å². The molecule has 2 N–H and O–H groups in total. The number of nitrogens with zero attached hydrogens (tertiary/aromatic N) is 1. The Balaban J connectivity index is 2.06. The summed E-state index contributed by atoms with van der Waals surface area (Å²) in [5.74, 6) is -0.179. The minimum Gasteiger partial charge on any atom is -0.493 e. The topological polar surface area (TPSA) is 106 Å². The van der Waals surface area contributed by atoms with Gasteiger partial charge in [-0.25, -0.2) is 10.2 Å². The molecule has 2 rings (SSSR count). The number of ether oxygens (including phenoxy) is 3. The zero-order chi connectivity index (χ0) is 19.6. The Morgan fingerprint density at radius 3 is 2.59 bits per heavy atom. The molecule has 0 unspecified atom stereocenters. The maximum atomic E-state index is 12.2. The van der Waals surface area contributed by atoms with Crippen molar-refractivity contribution in [3.05, 3.63) is 53.6 Å². The molecule has 2 aromatic carbocycles. The van der Waals surface area contributed by atoms with Gasteiger partial charge in [0.1, 0.15) is 5.75 Å². The highest BCUT2D eigenvalue weighted by Crippen LogP contribution is 2.28. The Hall–Kier alpha value is -3.55. The number of hydrogen-bond donors (Lipinski definition) is 2. The molecule has 27 heavy (non-hydrogen) atoms. The lowest BCUT2D eigenvalue weighted by Crippen LogP contribution is -2.18. The number of aliphatic carboxylic acids is 1. The summed E-state index contributed by atoms with van der Waals surface area (Å²) in [5.41, 5.74) is 3.29. The van der Waals surface area contributed by atoms with Crippen molar-refractivity contribution >= 4 is 18.1 Å². The lowest BCUT2D eigenvalue weighted by atomic mass is 10.2. The molecule has 0 aliphatic carbocycles. The van der Waals surface area contributed by atoms with Gasteiger partial charge < -0.3 is 19.3 Å². The predicted molar refractivity (Wildman–Crippen MR) is 98.8 cm³/mol. The van der Waals surface area contributed by atoms with Crippen LogP contribution >= 0.6 is 0 Å². The van der Waals surface area contributed by atoms with Gasteiger partial charge in [-0.1, -0.05) is 12.1 Å². The summed E-state index contributed by atoms with van der Waals surface area (Å²) >= 11 is 0. The first-order valence-electron chi connectivity index (χ1n) is 8.13. The van der Waals surface area contributed by atoms with Gasteiger partial charge in [-0.2, -0.15) is 5.10 Å². The van der Waals surface area contributed by atoms with Crippen molar-refractivity contribution < 1.29 is 28.9 Å². The number of hydrogen-bond acceptors (Lipinski definition) is 6. The van der Waals surface area contributed by atoms with E-state index >= 15 is 0 Å². The van der Waals surface area contributed by atoms with Gasteiger partial charge >= 0.3 is 5.97 Å². The van der Waals surface area contributed by atoms with Gasteiger partial charge in [-0.05, 0) is 37.3 Å². The van der Waals surface area contributed by atoms with Crippen molar-refractivity contribution in [2.24, 2.45) is 5.10 Å². The Morgan fingerprint density at radius 1 is 1.11 bits per heavy atom. The summed E-state index contributed by atoms with van der Waals surface area (Å²) in [7, 11) is 1.49. The number of nitrogens with one attached hydrogen (secondary N) is 1. The van der Waals surface area contributed by atoms with Crippen LogP contribution in [-0.2, 0) is 4.79 Å². The molecule has 0 spiro atoms. The third kappa shape index (κ3) is 5.74. The van der Waals surface area contributed by atoms with Crippen LogP contribution in [0.15, 0.2) is 47.6 Å². The number of amides is 1. The molecule has 0 fully saturated rings. The average molecular weight is 372 g/mol. The van der Waals surface area contributed by atoms with Gasteiger partial charge in [0.15, 0.2) is 18.1 Å². The zero-order valence-electron chi connectivity index (χ0n) is 15.0. The summed E-state index contributed by atoms with van der Waals surface area (Å²) in [6.07, 6.45) is 1.38. The monoisotopic (exact) mass is 372 g/mol. The first kappa shape index (κ1) is 19.8. The quantitative estimate of drug-likeness (QED) is 0.517. The van der Waals surface area contributed by atoms with Crippen molar-refractivity contribution in [3.8, 4) is 17.2 Å². The largest absolute Gasteiger partial charge is 0.493 e. The van der Waals surface area contributed by atoms with Crippen LogP contribution in [0.5, 0.6) is 17.2 Å². The highest BCUT2D eigenvalue weighted by Gasteiger charge is 2.10. The molecule has 0 atom stereocenters. The van der Waals surface area contributed by atoms with Gasteiger partial charge in [0.25, 0.3) is 5.91 Å². The van der Waals surface area contributed by atoms with E-state index in [1.54, 1.807) is 42.5 Å². The van der Waals surface area contributed by atoms with Crippen molar-refractivity contribution in [1.82, 2.24) is 5.43 Å². The van der Waals surface area contributed by atoms with Crippen molar-refractivity contribution in [1.29, 1.82) is 0 Å². The molecular formula is C19H20N2O6. The van der Waals surface area contributed by atoms with Crippen LogP contribution in [0, 0.1) is 0 Å². The summed E-state index contributed by atoms with van der Waals surface area (Å²) in [6.45, 7) is 1.87. The van der Waals surface area contributed by atoms with Crippen molar-refractivity contribution in [3.63, 3.8) is 0 Å². The SMILES string of the molecule is CCOc1ccc(C(=O)N/N=C/c2ccccc2OCC(=O)O)cc1OC. The van der Waals surface area contributed by atoms with Crippen LogP contribution in [0.2, 0.25) is 0 Å². The van der Waals surface area contributed by atoms with Gasteiger partial charge in [0, 0.05) is 11.1 Å². The standard InChI is InChI=1S/C19H20N2O6/c1-3-26-16-9-8-13(10-17(16)25-2)19(24)21-20-11-14-6-4-5-7-15(14)27-12-18(22)23/h4-11H,3,12H2,1-2H3,(H,21,24)(H,22,23)/b20-11+. The maximum absolute atomic E-state index is 12.2. The van der Waals surface area contributed by atoms with E-state index in [0.717, 1.165) is 0 Å². The van der Waals surface area contributed by atoms with Crippen LogP contribution in [0.1, 0.15) is 22.8 Å². The molecule has 0 aliphatic rings. The second kappa shape index (κ2) is 9.81. The Kier molecular flexibility index (Phi) is 7.18. The van der Waals surface area contributed by atoms with E-state index in [4.69, 9.17) is 19.3 Å². The Labute approximate surface area is 156 Å². The molecule has 8 nitrogen and oxygen atoms in total. The highest BCUT2D eigenvalue weighted by atomic mass is 16.5. The third-order valence-corrected chi connectivity index (χ3v) is 3.37. The molecule has 8 heteroatoms. The molecule has 1 amide bonds. The molecule has 0 aliphatic heterocycles. The van der Waals surface area contributed by atoms with E-state index < -0.39 is 18.5 Å². The van der Waals surface area contributed by atoms with Gasteiger partial charge in [0.05, 0.1) is 19.9 Å². The highest BCUT2D eigenvalue weighted by molar-refractivity contribution is 5.95. The minimum absolute atomic E-state index is 0.348. The van der Waals surface area contributed by atoms with E-state index in [1.165, 1.54) is 13.3 Å². The van der Waals surface area contributed by atoms with Crippen LogP contribution in [0.4, 0.5) is 0 Å². The summed E-state index contributed by atoms with van der Waals surface area (Å²) in [4.78, 5) is 22.9. The number of benzene rings is 2. The number of rotatable bonds is 9. The molecule has 0 bridgehead atoms. The lowest BCUT2D eigenvalue weighted by molar-refractivity contribution is -0.139. The van der Waals surface area contributed by atoms with E-state index in [1.807, 2.05) is 6.92 Å². The summed E-state index contributed by atoms with van der Waals surface area (Å²) in [6, 6.07) is 11.6. The summed E-state index contributed by atoms with van der Waals surface area (Å²) in [5, 5.41) is 12.6. The number of carbonyl (C=O) groups excluding carboxylic acids is 1.